The number of carbonyl (C=O) groups excluding carboxylic acids is 1. The number of hydrogen-bond donors (Lipinski definition) is 1. The fourth-order valence-electron chi connectivity index (χ4n) is 0.883. The minimum absolute atomic E-state index is 0.0707. The van der Waals surface area contributed by atoms with Crippen LogP contribution in [0.25, 0.3) is 0 Å². The second kappa shape index (κ2) is 4.72. The number of carbonyl (C=O) groups is 1. The number of nitrogens with one attached hydrogen (secondary N) is 1. The van der Waals surface area contributed by atoms with Crippen LogP contribution in [0.1, 0.15) is 12.5 Å². The first-order valence-corrected chi connectivity index (χ1v) is 4.55. The third-order valence-corrected chi connectivity index (χ3v) is 1.70. The van der Waals surface area contributed by atoms with Gasteiger partial charge in [-0.1, -0.05) is 17.7 Å². The zero-order valence-electron chi connectivity index (χ0n) is 8.03. The summed E-state index contributed by atoms with van der Waals surface area (Å²) < 4.78 is 5.18. The van der Waals surface area contributed by atoms with E-state index in [2.05, 4.69) is 5.32 Å². The molecular weight excluding hydrogens is 198 g/mol. The molecule has 0 heterocycles. The van der Waals surface area contributed by atoms with Crippen molar-refractivity contribution in [3.63, 3.8) is 0 Å². The first kappa shape index (κ1) is 10.7. The first-order valence-electron chi connectivity index (χ1n) is 4.14. The van der Waals surface area contributed by atoms with Gasteiger partial charge < -0.3 is 4.74 Å². The van der Waals surface area contributed by atoms with Gasteiger partial charge in [0.05, 0.1) is 0 Å². The molecule has 0 spiro atoms. The van der Waals surface area contributed by atoms with Gasteiger partial charge in [-0.3, -0.25) is 10.1 Å². The summed E-state index contributed by atoms with van der Waals surface area (Å²) in [5.41, 5.74) is 1.14. The number of thiocarbonyl (C=S) groups is 1. The van der Waals surface area contributed by atoms with Crippen LogP contribution in [0.2, 0.25) is 0 Å². The summed E-state index contributed by atoms with van der Waals surface area (Å²) in [5.74, 6) is 0.386. The molecule has 3 nitrogen and oxygen atoms in total. The summed E-state index contributed by atoms with van der Waals surface area (Å²) >= 11 is 4.79. The van der Waals surface area contributed by atoms with Gasteiger partial charge in [-0.2, -0.15) is 0 Å². The molecule has 0 saturated heterocycles. The summed E-state index contributed by atoms with van der Waals surface area (Å²) in [5, 5.41) is 2.45. The average molecular weight is 209 g/mol. The molecule has 0 unspecified atom stereocenters. The van der Waals surface area contributed by atoms with Crippen molar-refractivity contribution in [3.05, 3.63) is 29.8 Å². The Hall–Kier alpha value is -1.42. The Morgan fingerprint density at radius 3 is 2.43 bits per heavy atom. The van der Waals surface area contributed by atoms with E-state index in [1.54, 1.807) is 12.1 Å². The molecule has 0 fully saturated rings. The highest BCUT2D eigenvalue weighted by molar-refractivity contribution is 7.80. The number of benzene rings is 1. The Kier molecular flexibility index (Phi) is 3.59. The third-order valence-electron chi connectivity index (χ3n) is 1.51. The highest BCUT2D eigenvalue weighted by atomic mass is 32.1. The predicted molar refractivity (Wildman–Crippen MR) is 58.2 cm³/mol. The van der Waals surface area contributed by atoms with E-state index in [-0.39, 0.29) is 11.1 Å². The summed E-state index contributed by atoms with van der Waals surface area (Å²) in [6.45, 7) is 3.36. The minimum Gasteiger partial charge on any atom is -0.432 e. The van der Waals surface area contributed by atoms with Crippen LogP contribution in [0.15, 0.2) is 24.3 Å². The van der Waals surface area contributed by atoms with Crippen molar-refractivity contribution in [2.75, 3.05) is 0 Å². The van der Waals surface area contributed by atoms with E-state index in [1.807, 2.05) is 19.1 Å². The largest absolute Gasteiger partial charge is 0.432 e. The number of hydrogen-bond acceptors (Lipinski definition) is 3. The average Bonchev–Trinajstić information content (AvgIpc) is 2.07. The third kappa shape index (κ3) is 3.53. The van der Waals surface area contributed by atoms with E-state index < -0.39 is 0 Å². The van der Waals surface area contributed by atoms with Crippen molar-refractivity contribution < 1.29 is 9.53 Å². The van der Waals surface area contributed by atoms with Crippen molar-refractivity contribution in [1.82, 2.24) is 5.32 Å². The number of rotatable bonds is 1. The van der Waals surface area contributed by atoms with Crippen molar-refractivity contribution in [3.8, 4) is 5.75 Å². The smallest absolute Gasteiger partial charge is 0.268 e. The lowest BCUT2D eigenvalue weighted by atomic mass is 10.2. The van der Waals surface area contributed by atoms with Gasteiger partial charge in [0.1, 0.15) is 5.75 Å². The van der Waals surface area contributed by atoms with Crippen LogP contribution in [0.5, 0.6) is 5.75 Å². The maximum absolute atomic E-state index is 10.6. The molecule has 74 valence electrons. The van der Waals surface area contributed by atoms with Gasteiger partial charge in [-0.05, 0) is 31.3 Å². The second-order valence-corrected chi connectivity index (χ2v) is 3.25. The summed E-state index contributed by atoms with van der Waals surface area (Å²) in [7, 11) is 0. The lowest BCUT2D eigenvalue weighted by molar-refractivity contribution is -0.117. The lowest BCUT2D eigenvalue weighted by Gasteiger charge is -2.06. The van der Waals surface area contributed by atoms with E-state index in [9.17, 15) is 4.79 Å². The molecule has 0 atom stereocenters. The Morgan fingerprint density at radius 2 is 1.93 bits per heavy atom. The molecule has 0 radical (unpaired) electrons. The molecule has 1 aromatic rings. The maximum atomic E-state index is 10.6. The van der Waals surface area contributed by atoms with E-state index in [0.717, 1.165) is 5.56 Å². The Balaban J connectivity index is 2.56. The lowest BCUT2D eigenvalue weighted by Crippen LogP contribution is -2.30. The normalized spacial score (nSPS) is 9.29. The SMILES string of the molecule is CC(=O)NC(=S)Oc1ccc(C)cc1. The Labute approximate surface area is 88.1 Å². The topological polar surface area (TPSA) is 38.3 Å². The molecule has 1 aromatic carbocycles. The van der Waals surface area contributed by atoms with Crippen LogP contribution in [0.4, 0.5) is 0 Å². The van der Waals surface area contributed by atoms with E-state index in [0.29, 0.717) is 5.75 Å². The van der Waals surface area contributed by atoms with Crippen LogP contribution in [0.3, 0.4) is 0 Å². The van der Waals surface area contributed by atoms with Crippen molar-refractivity contribution >= 4 is 23.3 Å². The number of amides is 1. The number of ether oxygens (including phenoxy) is 1. The van der Waals surface area contributed by atoms with E-state index >= 15 is 0 Å². The van der Waals surface area contributed by atoms with Gasteiger partial charge in [0.2, 0.25) is 5.91 Å². The predicted octanol–water partition coefficient (Wildman–Crippen LogP) is 1.79. The molecular formula is C10H11NO2S. The summed E-state index contributed by atoms with van der Waals surface area (Å²) in [6, 6.07) is 7.41. The van der Waals surface area contributed by atoms with Gasteiger partial charge in [0.15, 0.2) is 0 Å². The fourth-order valence-corrected chi connectivity index (χ4v) is 1.12. The molecule has 0 saturated carbocycles. The number of aryl methyl sites for hydroxylation is 1. The van der Waals surface area contributed by atoms with Gasteiger partial charge in [-0.25, -0.2) is 0 Å². The summed E-state index contributed by atoms with van der Waals surface area (Å²) in [6.07, 6.45) is 0. The van der Waals surface area contributed by atoms with Crippen LogP contribution >= 0.6 is 12.2 Å². The molecule has 1 rings (SSSR count). The van der Waals surface area contributed by atoms with Crippen molar-refractivity contribution in [1.29, 1.82) is 0 Å². The van der Waals surface area contributed by atoms with Crippen molar-refractivity contribution in [2.45, 2.75) is 13.8 Å². The monoisotopic (exact) mass is 209 g/mol. The first-order chi connectivity index (χ1) is 6.58. The van der Waals surface area contributed by atoms with Gasteiger partial charge in [-0.15, -0.1) is 0 Å². The quantitative estimate of drug-likeness (QED) is 0.717. The molecule has 4 heteroatoms. The van der Waals surface area contributed by atoms with Crippen LogP contribution in [-0.4, -0.2) is 11.1 Å². The molecule has 0 aliphatic heterocycles. The second-order valence-electron chi connectivity index (χ2n) is 2.88. The van der Waals surface area contributed by atoms with Gasteiger partial charge in [0.25, 0.3) is 5.17 Å². The highest BCUT2D eigenvalue weighted by Crippen LogP contribution is 2.11. The molecule has 14 heavy (non-hydrogen) atoms. The molecule has 1 N–H and O–H groups in total. The molecule has 0 aliphatic carbocycles. The van der Waals surface area contributed by atoms with E-state index in [4.69, 9.17) is 17.0 Å². The summed E-state index contributed by atoms with van der Waals surface area (Å²) in [4.78, 5) is 10.6. The van der Waals surface area contributed by atoms with Crippen molar-refractivity contribution in [2.24, 2.45) is 0 Å². The molecule has 1 amide bonds. The van der Waals surface area contributed by atoms with Gasteiger partial charge in [0, 0.05) is 6.92 Å². The van der Waals surface area contributed by atoms with Crippen LogP contribution in [-0.2, 0) is 4.79 Å². The molecule has 0 bridgehead atoms. The Morgan fingerprint density at radius 1 is 1.36 bits per heavy atom. The molecule has 0 aliphatic rings. The highest BCUT2D eigenvalue weighted by Gasteiger charge is 2.00. The van der Waals surface area contributed by atoms with Crippen LogP contribution < -0.4 is 10.1 Å². The Bertz CT molecular complexity index is 346. The van der Waals surface area contributed by atoms with Crippen LogP contribution in [0, 0.1) is 6.92 Å². The zero-order chi connectivity index (χ0) is 10.6. The maximum Gasteiger partial charge on any atom is 0.268 e. The fraction of sp³-hybridized carbons (Fsp3) is 0.200. The standard InChI is InChI=1S/C10H11NO2S/c1-7-3-5-9(6-4-7)13-10(14)11-8(2)12/h3-6H,1-2H3,(H,11,12,14). The van der Waals surface area contributed by atoms with Gasteiger partial charge >= 0.3 is 0 Å². The zero-order valence-corrected chi connectivity index (χ0v) is 8.85. The molecule has 0 aromatic heterocycles. The van der Waals surface area contributed by atoms with E-state index in [1.165, 1.54) is 6.92 Å². The minimum atomic E-state index is -0.234.